The predicted octanol–water partition coefficient (Wildman–Crippen LogP) is -7.58. The van der Waals surface area contributed by atoms with Gasteiger partial charge in [-0.3, -0.25) is 0 Å². The van der Waals surface area contributed by atoms with Crippen molar-refractivity contribution in [1.82, 2.24) is 0 Å². The normalized spacial score (nSPS) is 0. The predicted molar refractivity (Wildman–Crippen MR) is 40.5 cm³/mol. The van der Waals surface area contributed by atoms with Gasteiger partial charge >= 0.3 is 48.9 Å². The fourth-order valence-electron chi connectivity index (χ4n) is 0. The zero-order valence-electron chi connectivity index (χ0n) is 7.21. The third-order valence-electron chi connectivity index (χ3n) is 0. The third kappa shape index (κ3) is 423. The molecule has 0 fully saturated rings. The molecule has 76 valence electrons. The Morgan fingerprint density at radius 1 is 0.300 bits per heavy atom. The molecule has 0 amide bonds. The maximum atomic E-state index is 0. The van der Waals surface area contributed by atoms with Gasteiger partial charge in [-0.2, -0.15) is 0 Å². The first-order valence-electron chi connectivity index (χ1n) is 0. The van der Waals surface area contributed by atoms with Crippen molar-refractivity contribution >= 4 is 48.9 Å². The van der Waals surface area contributed by atoms with Gasteiger partial charge in [0.15, 0.2) is 0 Å². The van der Waals surface area contributed by atoms with Crippen molar-refractivity contribution < 1.29 is 52.1 Å². The van der Waals surface area contributed by atoms with E-state index in [0.717, 1.165) is 0 Å². The molecule has 0 rings (SSSR count). The van der Waals surface area contributed by atoms with Gasteiger partial charge in [-0.1, -0.05) is 0 Å². The second-order valence-electron chi connectivity index (χ2n) is 0. The summed E-state index contributed by atoms with van der Waals surface area (Å²) in [5, 5.41) is 0. The second-order valence-corrected chi connectivity index (χ2v) is 0. The van der Waals surface area contributed by atoms with Crippen LogP contribution < -0.4 is 0 Å². The van der Waals surface area contributed by atoms with Gasteiger partial charge in [-0.25, -0.2) is 0 Å². The van der Waals surface area contributed by atoms with Crippen molar-refractivity contribution in [2.45, 2.75) is 0 Å². The summed E-state index contributed by atoms with van der Waals surface area (Å²) < 4.78 is 0. The largest absolute Gasteiger partial charge is 2.00 e. The molecule has 9 nitrogen and oxygen atoms in total. The van der Waals surface area contributed by atoms with Crippen molar-refractivity contribution in [3.8, 4) is 0 Å². The summed E-state index contributed by atoms with van der Waals surface area (Å²) in [5.41, 5.74) is 0. The van der Waals surface area contributed by atoms with Crippen LogP contribution in [0.25, 0.3) is 0 Å². The van der Waals surface area contributed by atoms with Gasteiger partial charge in [0, 0.05) is 0 Å². The summed E-state index contributed by atoms with van der Waals surface area (Å²) >= 11 is 0. The van der Waals surface area contributed by atoms with E-state index >= 15 is 0 Å². The summed E-state index contributed by atoms with van der Waals surface area (Å²) in [6.07, 6.45) is 0. The van der Waals surface area contributed by atoms with Crippen LogP contribution in [0.1, 0.15) is 2.85 Å². The van der Waals surface area contributed by atoms with Gasteiger partial charge in [0.25, 0.3) is 0 Å². The van der Waals surface area contributed by atoms with Crippen LogP contribution in [0.4, 0.5) is 0 Å². The molecule has 0 atom stereocenters. The van der Waals surface area contributed by atoms with Crippen LogP contribution in [0, 0.1) is 0 Å². The Morgan fingerprint density at radius 3 is 0.300 bits per heavy atom. The Balaban J connectivity index is 0. The molecule has 0 aliphatic carbocycles. The molecule has 0 bridgehead atoms. The average molecular weight is 301 g/mol. The topological polar surface area (TPSA) is 284 Å². The second kappa shape index (κ2) is 590. The summed E-state index contributed by atoms with van der Waals surface area (Å²) in [4.78, 5) is 0. The van der Waals surface area contributed by atoms with E-state index in [1.54, 1.807) is 0 Å². The fourth-order valence-corrected chi connectivity index (χ4v) is 0. The van der Waals surface area contributed by atoms with Crippen LogP contribution in [0.5, 0.6) is 0 Å². The molecule has 0 unspecified atom stereocenters. The maximum absolute atomic E-state index is 0. The van der Waals surface area contributed by atoms with Gasteiger partial charge in [0.1, 0.15) is 0 Å². The van der Waals surface area contributed by atoms with Crippen molar-refractivity contribution in [1.29, 1.82) is 0 Å². The van der Waals surface area contributed by atoms with Crippen LogP contribution in [0.2, 0.25) is 0 Å². The van der Waals surface area contributed by atoms with Crippen LogP contribution in [0.15, 0.2) is 0 Å². The van der Waals surface area contributed by atoms with Crippen molar-refractivity contribution in [2.75, 3.05) is 0 Å². The first kappa shape index (κ1) is 797. The standard InChI is InChI=1S/Ba.9H2O.2H/h;9*1H2;;/q+2;;;;;;;;;;2*-1. The Kier molecular flexibility index (Phi) is 47000. The third-order valence-corrected chi connectivity index (χ3v) is 0. The van der Waals surface area contributed by atoms with E-state index in [1.165, 1.54) is 0 Å². The van der Waals surface area contributed by atoms with Crippen LogP contribution in [-0.2, 0) is 0 Å². The molecule has 10 heavy (non-hydrogen) atoms. The molecule has 0 aromatic carbocycles. The van der Waals surface area contributed by atoms with Gasteiger partial charge in [0.05, 0.1) is 0 Å². The molecule has 10 heteroatoms. The molecule has 0 saturated heterocycles. The summed E-state index contributed by atoms with van der Waals surface area (Å²) in [6.45, 7) is 0. The summed E-state index contributed by atoms with van der Waals surface area (Å²) in [7, 11) is 0. The minimum absolute atomic E-state index is 0. The molecule has 18 N–H and O–H groups in total. The molecule has 0 spiro atoms. The zero-order valence-corrected chi connectivity index (χ0v) is 9.65. The van der Waals surface area contributed by atoms with Crippen LogP contribution in [0.3, 0.4) is 0 Å². The zero-order chi connectivity index (χ0) is 0. The van der Waals surface area contributed by atoms with E-state index in [2.05, 4.69) is 0 Å². The first-order chi connectivity index (χ1) is 0. The Labute approximate surface area is 100 Å². The van der Waals surface area contributed by atoms with Crippen LogP contribution in [-0.4, -0.2) is 98.2 Å². The smallest absolute Gasteiger partial charge is 1.00 e. The number of hydrogen-bond donors (Lipinski definition) is 0. The van der Waals surface area contributed by atoms with E-state index in [-0.39, 0.29) is 101 Å². The Morgan fingerprint density at radius 2 is 0.300 bits per heavy atom. The number of rotatable bonds is 0. The number of hydrogen-bond acceptors (Lipinski definition) is 0. The minimum atomic E-state index is 0. The molecule has 0 heterocycles. The first-order valence-corrected chi connectivity index (χ1v) is 0. The van der Waals surface area contributed by atoms with E-state index in [4.69, 9.17) is 0 Å². The Bertz CT molecular complexity index is 12.5. The monoisotopic (exact) mass is 302 g/mol. The van der Waals surface area contributed by atoms with E-state index in [0.29, 0.717) is 0 Å². The fraction of sp³-hybridized carbons (Fsp3) is 0. The molecule has 0 aromatic rings. The molecule has 0 aromatic heterocycles. The summed E-state index contributed by atoms with van der Waals surface area (Å²) in [5.74, 6) is 0. The van der Waals surface area contributed by atoms with Gasteiger partial charge in [-0.15, -0.1) is 0 Å². The van der Waals surface area contributed by atoms with Gasteiger partial charge in [-0.05, 0) is 0 Å². The minimum Gasteiger partial charge on any atom is -1.00 e. The summed E-state index contributed by atoms with van der Waals surface area (Å²) in [6, 6.07) is 0. The van der Waals surface area contributed by atoms with E-state index < -0.39 is 0 Å². The van der Waals surface area contributed by atoms with Crippen molar-refractivity contribution in [2.24, 2.45) is 0 Å². The van der Waals surface area contributed by atoms with E-state index in [9.17, 15) is 0 Å². The van der Waals surface area contributed by atoms with Crippen molar-refractivity contribution in [3.63, 3.8) is 0 Å². The SMILES string of the molecule is O.O.O.O.O.O.O.O.O.[Ba+2].[H-].[H-]. The van der Waals surface area contributed by atoms with E-state index in [1.807, 2.05) is 0 Å². The van der Waals surface area contributed by atoms with Crippen LogP contribution >= 0.6 is 0 Å². The molecule has 0 radical (unpaired) electrons. The quantitative estimate of drug-likeness (QED) is 0.376. The Hall–Kier alpha value is 1.21. The molecule has 0 aliphatic heterocycles. The average Bonchev–Trinajstić information content (AvgIpc) is 0. The van der Waals surface area contributed by atoms with Gasteiger partial charge in [0.2, 0.25) is 0 Å². The maximum Gasteiger partial charge on any atom is 2.00 e. The molecular formula is H20BaO9. The molecule has 0 saturated carbocycles. The molecule has 0 aliphatic rings. The molecular weight excluding hydrogens is 281 g/mol. The van der Waals surface area contributed by atoms with Crippen molar-refractivity contribution in [3.05, 3.63) is 0 Å². The van der Waals surface area contributed by atoms with Gasteiger partial charge < -0.3 is 52.1 Å².